The van der Waals surface area contributed by atoms with Gasteiger partial charge in [0.25, 0.3) is 0 Å². The Bertz CT molecular complexity index is 2180. The van der Waals surface area contributed by atoms with Crippen LogP contribution in [-0.4, -0.2) is 121 Å². The summed E-state index contributed by atoms with van der Waals surface area (Å²) in [4.78, 5) is 34.2. The third-order valence-corrected chi connectivity index (χ3v) is 14.6. The molecule has 6 rings (SSSR count). The molecule has 0 saturated carbocycles. The molecule has 2 aliphatic heterocycles. The molecule has 61 heavy (non-hydrogen) atoms. The highest BCUT2D eigenvalue weighted by molar-refractivity contribution is 7.70. The van der Waals surface area contributed by atoms with Gasteiger partial charge in [0.1, 0.15) is 36.9 Å². The predicted octanol–water partition coefficient (Wildman–Crippen LogP) is 8.79. The van der Waals surface area contributed by atoms with Crippen LogP contribution in [0.3, 0.4) is 0 Å². The first-order chi connectivity index (χ1) is 28.8. The number of aromatic nitrogens is 4. The van der Waals surface area contributed by atoms with Crippen molar-refractivity contribution in [3.05, 3.63) is 60.2 Å². The fourth-order valence-electron chi connectivity index (χ4n) is 7.86. The highest BCUT2D eigenvalue weighted by atomic mass is 31.2. The monoisotopic (exact) mass is 873 g/mol. The molecule has 0 unspecified atom stereocenters. The number of piperidine rings is 1. The third kappa shape index (κ3) is 12.1. The Kier molecular flexibility index (Phi) is 14.6. The Balaban J connectivity index is 1.20. The number of methoxy groups -OCH3 is 1. The van der Waals surface area contributed by atoms with Crippen LogP contribution in [0.25, 0.3) is 11.3 Å². The van der Waals surface area contributed by atoms with E-state index in [2.05, 4.69) is 59.1 Å². The first-order valence-electron chi connectivity index (χ1n) is 21.7. The van der Waals surface area contributed by atoms with Gasteiger partial charge in [-0.05, 0) is 90.1 Å². The first-order valence-corrected chi connectivity index (χ1v) is 28.0. The number of ether oxygens (including phenoxy) is 3. The Labute approximate surface area is 364 Å². The molecule has 2 fully saturated rings. The Morgan fingerprint density at radius 2 is 1.67 bits per heavy atom. The van der Waals surface area contributed by atoms with E-state index in [0.29, 0.717) is 61.2 Å². The van der Waals surface area contributed by atoms with Crippen LogP contribution in [0.4, 0.5) is 33.6 Å². The van der Waals surface area contributed by atoms with Gasteiger partial charge >= 0.3 is 6.09 Å². The number of amides is 1. The lowest BCUT2D eigenvalue weighted by atomic mass is 9.99. The van der Waals surface area contributed by atoms with Crippen molar-refractivity contribution in [2.24, 2.45) is 0 Å². The summed E-state index contributed by atoms with van der Waals surface area (Å²) in [6.07, 6.45) is 6.46. The van der Waals surface area contributed by atoms with Gasteiger partial charge in [0.05, 0.1) is 29.7 Å². The number of hydrogen-bond donors (Lipinski definition) is 2. The van der Waals surface area contributed by atoms with Crippen LogP contribution in [-0.2, 0) is 27.2 Å². The number of anilines is 5. The van der Waals surface area contributed by atoms with E-state index in [9.17, 15) is 9.36 Å². The smallest absolute Gasteiger partial charge is 0.410 e. The summed E-state index contributed by atoms with van der Waals surface area (Å²) in [6, 6.07) is 13.5. The molecule has 0 bridgehead atoms. The molecular formula is C45H68N9O5PSi. The standard InChI is InChI=1S/C45H68N9O5PSi/c1-12-33-27-37(40(57-6)28-39(33)52-19-17-34(18-20-52)51-21-23-53(24-22-51)44(55)59-45(3,4)5)49-43-46-29-35(38-30-54(32(2)47-38)31-58-25-26-61(9,10)11)42(50-43)48-36-15-13-14-16-41(36)60(7,8)56/h13-16,27-30,34H,12,17-26,31H2,1-11H3,(H2,46,48,49,50). The maximum absolute atomic E-state index is 13.4. The van der Waals surface area contributed by atoms with E-state index >= 15 is 0 Å². The van der Waals surface area contributed by atoms with Crippen LogP contribution in [0.5, 0.6) is 5.75 Å². The molecule has 1 amide bonds. The van der Waals surface area contributed by atoms with Crippen molar-refractivity contribution >= 4 is 55.4 Å². The lowest BCUT2D eigenvalue weighted by Crippen LogP contribution is -2.55. The number of rotatable bonds is 15. The van der Waals surface area contributed by atoms with Gasteiger partial charge in [0, 0.05) is 89.4 Å². The van der Waals surface area contributed by atoms with E-state index in [1.54, 1.807) is 26.6 Å². The van der Waals surface area contributed by atoms with Crippen molar-refractivity contribution in [2.75, 3.05) is 81.8 Å². The Hall–Kier alpha value is -4.43. The average Bonchev–Trinajstić information content (AvgIpc) is 3.57. The second kappa shape index (κ2) is 19.3. The predicted molar refractivity (Wildman–Crippen MR) is 251 cm³/mol. The summed E-state index contributed by atoms with van der Waals surface area (Å²) in [5, 5.41) is 7.72. The molecule has 2 aromatic carbocycles. The second-order valence-electron chi connectivity index (χ2n) is 18.8. The van der Waals surface area contributed by atoms with Crippen molar-refractivity contribution in [1.82, 2.24) is 29.3 Å². The lowest BCUT2D eigenvalue weighted by Gasteiger charge is -2.43. The van der Waals surface area contributed by atoms with E-state index in [1.807, 2.05) is 67.6 Å². The van der Waals surface area contributed by atoms with Crippen molar-refractivity contribution < 1.29 is 23.6 Å². The number of imidazole rings is 1. The molecule has 0 atom stereocenters. The second-order valence-corrected chi connectivity index (χ2v) is 27.6. The topological polar surface area (TPSA) is 139 Å². The summed E-state index contributed by atoms with van der Waals surface area (Å²) < 4.78 is 33.1. The quantitative estimate of drug-likeness (QED) is 0.0671. The SMILES string of the molecule is CCc1cc(Nc2ncc(-c3cn(COCC[Si](C)(C)C)c(C)n3)c(Nc3ccccc3P(C)(C)=O)n2)c(OC)cc1N1CCC(N2CCN(C(=O)OC(C)(C)C)CC2)CC1. The van der Waals surface area contributed by atoms with E-state index in [1.165, 1.54) is 11.3 Å². The molecule has 0 spiro atoms. The molecule has 0 aliphatic carbocycles. The minimum atomic E-state index is -2.63. The summed E-state index contributed by atoms with van der Waals surface area (Å²) in [5.74, 6) is 2.43. The van der Waals surface area contributed by atoms with Gasteiger partial charge in [-0.2, -0.15) is 4.98 Å². The molecule has 2 aliphatic rings. The van der Waals surface area contributed by atoms with Gasteiger partial charge in [0.15, 0.2) is 0 Å². The van der Waals surface area contributed by atoms with Crippen LogP contribution >= 0.6 is 7.14 Å². The largest absolute Gasteiger partial charge is 0.494 e. The summed E-state index contributed by atoms with van der Waals surface area (Å²) in [7, 11) is -2.16. The first kappa shape index (κ1) is 46.1. The number of aryl methyl sites for hydroxylation is 2. The summed E-state index contributed by atoms with van der Waals surface area (Å²) in [6.45, 7) is 26.5. The maximum atomic E-state index is 13.4. The Morgan fingerprint density at radius 3 is 2.31 bits per heavy atom. The van der Waals surface area contributed by atoms with Crippen molar-refractivity contribution in [3.8, 4) is 17.0 Å². The van der Waals surface area contributed by atoms with Gasteiger partial charge in [-0.15, -0.1) is 0 Å². The number of carbonyl (C=O) groups excluding carboxylic acids is 1. The van der Waals surface area contributed by atoms with Gasteiger partial charge < -0.3 is 43.8 Å². The molecular weight excluding hydrogens is 806 g/mol. The fraction of sp³-hybridized carbons (Fsp3) is 0.556. The van der Waals surface area contributed by atoms with Gasteiger partial charge in [-0.3, -0.25) is 4.90 Å². The van der Waals surface area contributed by atoms with Crippen LogP contribution < -0.4 is 25.6 Å². The summed E-state index contributed by atoms with van der Waals surface area (Å²) in [5.41, 5.74) is 4.78. The van der Waals surface area contributed by atoms with Gasteiger partial charge in [-0.1, -0.05) is 38.7 Å². The third-order valence-electron chi connectivity index (χ3n) is 11.3. The number of para-hydroxylation sites is 1. The normalized spacial score (nSPS) is 15.9. The molecule has 332 valence electrons. The molecule has 16 heteroatoms. The zero-order valence-corrected chi connectivity index (χ0v) is 40.2. The zero-order valence-electron chi connectivity index (χ0n) is 38.3. The number of nitrogens with one attached hydrogen (secondary N) is 2. The van der Waals surface area contributed by atoms with Crippen molar-refractivity contribution in [2.45, 2.75) is 97.9 Å². The molecule has 14 nitrogen and oxygen atoms in total. The molecule has 4 heterocycles. The zero-order chi connectivity index (χ0) is 44.1. The number of carbonyl (C=O) groups is 1. The van der Waals surface area contributed by atoms with E-state index in [0.717, 1.165) is 74.0 Å². The number of nitrogens with zero attached hydrogens (tertiary/aromatic N) is 7. The van der Waals surface area contributed by atoms with Crippen LogP contribution in [0.2, 0.25) is 25.7 Å². The van der Waals surface area contributed by atoms with Crippen molar-refractivity contribution in [3.63, 3.8) is 0 Å². The molecule has 2 saturated heterocycles. The number of benzene rings is 2. The highest BCUT2D eigenvalue weighted by Gasteiger charge is 2.32. The average molecular weight is 874 g/mol. The van der Waals surface area contributed by atoms with Gasteiger partial charge in [0.2, 0.25) is 5.95 Å². The Morgan fingerprint density at radius 1 is 0.967 bits per heavy atom. The molecule has 0 radical (unpaired) electrons. The fourth-order valence-corrected chi connectivity index (χ4v) is 9.77. The maximum Gasteiger partial charge on any atom is 0.410 e. The minimum Gasteiger partial charge on any atom is -0.494 e. The van der Waals surface area contributed by atoms with Crippen molar-refractivity contribution in [1.29, 1.82) is 0 Å². The lowest BCUT2D eigenvalue weighted by molar-refractivity contribution is 0.00901. The highest BCUT2D eigenvalue weighted by Crippen LogP contribution is 2.40. The van der Waals surface area contributed by atoms with Crippen LogP contribution in [0, 0.1) is 6.92 Å². The van der Waals surface area contributed by atoms with Gasteiger partial charge in [-0.25, -0.2) is 14.8 Å². The van der Waals surface area contributed by atoms with Crippen LogP contribution in [0.1, 0.15) is 51.9 Å². The summed E-state index contributed by atoms with van der Waals surface area (Å²) >= 11 is 0. The van der Waals surface area contributed by atoms with E-state index in [-0.39, 0.29) is 6.09 Å². The molecule has 2 aromatic heterocycles. The minimum absolute atomic E-state index is 0.221. The number of piperazine rings is 1. The number of hydrogen-bond acceptors (Lipinski definition) is 12. The van der Waals surface area contributed by atoms with E-state index < -0.39 is 20.8 Å². The van der Waals surface area contributed by atoms with E-state index in [4.69, 9.17) is 29.2 Å². The molecule has 2 N–H and O–H groups in total. The molecule has 4 aromatic rings. The van der Waals surface area contributed by atoms with Crippen LogP contribution in [0.15, 0.2) is 48.8 Å².